The Balaban J connectivity index is 1.54. The molecule has 31 heavy (non-hydrogen) atoms. The largest absolute Gasteiger partial charge is 0.370 e. The summed E-state index contributed by atoms with van der Waals surface area (Å²) < 4.78 is 0. The minimum Gasteiger partial charge on any atom is -0.244 e. The van der Waals surface area contributed by atoms with Gasteiger partial charge in [-0.15, -0.1) is 10.5 Å². The van der Waals surface area contributed by atoms with Gasteiger partial charge in [0.05, 0.1) is 11.4 Å². The lowest BCUT2D eigenvalue weighted by atomic mass is 10.0. The van der Waals surface area contributed by atoms with Crippen LogP contribution < -0.4 is 15.4 Å². The maximum absolute atomic E-state index is 13.2. The predicted molar refractivity (Wildman–Crippen MR) is 124 cm³/mol. The van der Waals surface area contributed by atoms with Crippen molar-refractivity contribution in [3.8, 4) is 11.1 Å². The number of para-hydroxylation sites is 2. The summed E-state index contributed by atoms with van der Waals surface area (Å²) in [4.78, 5) is 13.2. The monoisotopic (exact) mass is 403 g/mol. The number of rotatable bonds is 4. The van der Waals surface area contributed by atoms with E-state index in [1.807, 2.05) is 103 Å². The molecule has 0 fully saturated rings. The van der Waals surface area contributed by atoms with Gasteiger partial charge in [0, 0.05) is 5.56 Å². The number of nitrogens with zero attached hydrogens (tertiary/aromatic N) is 4. The molecule has 0 unspecified atom stereocenters. The molecule has 0 bridgehead atoms. The lowest BCUT2D eigenvalue weighted by Crippen LogP contribution is -2.52. The molecule has 1 heterocycles. The smallest absolute Gasteiger partial charge is 0.244 e. The average Bonchev–Trinajstić information content (AvgIpc) is 2.86. The summed E-state index contributed by atoms with van der Waals surface area (Å²) in [6.45, 7) is 0. The van der Waals surface area contributed by atoms with E-state index in [0.717, 1.165) is 16.7 Å². The van der Waals surface area contributed by atoms with Gasteiger partial charge in [-0.05, 0) is 35.4 Å². The summed E-state index contributed by atoms with van der Waals surface area (Å²) in [6, 6.07) is 36.6. The molecule has 149 valence electrons. The Labute approximate surface area is 180 Å². The Bertz CT molecular complexity index is 1210. The van der Waals surface area contributed by atoms with Gasteiger partial charge in [0.25, 0.3) is 0 Å². The summed E-state index contributed by atoms with van der Waals surface area (Å²) >= 11 is 0. The van der Waals surface area contributed by atoms with Crippen molar-refractivity contribution in [1.29, 1.82) is 0 Å². The Hall–Kier alpha value is -4.38. The molecule has 5 heteroatoms. The zero-order chi connectivity index (χ0) is 21.0. The number of carbonyl (C=O) groups is 1. The Morgan fingerprint density at radius 2 is 0.935 bits per heavy atom. The van der Waals surface area contributed by atoms with E-state index in [1.54, 1.807) is 0 Å². The van der Waals surface area contributed by atoms with Gasteiger partial charge in [-0.1, -0.05) is 91.0 Å². The van der Waals surface area contributed by atoms with E-state index >= 15 is 0 Å². The number of benzene rings is 4. The Morgan fingerprint density at radius 3 is 1.52 bits per heavy atom. The first kappa shape index (κ1) is 18.6. The van der Waals surface area contributed by atoms with Crippen LogP contribution in [0.25, 0.3) is 11.1 Å². The molecule has 4 aromatic rings. The van der Waals surface area contributed by atoms with Gasteiger partial charge in [-0.3, -0.25) is 0 Å². The van der Waals surface area contributed by atoms with E-state index in [4.69, 9.17) is 0 Å². The number of urea groups is 1. The molecule has 4 aromatic carbocycles. The van der Waals surface area contributed by atoms with E-state index in [1.165, 1.54) is 10.0 Å². The third-order valence-electron chi connectivity index (χ3n) is 5.00. The van der Waals surface area contributed by atoms with E-state index in [2.05, 4.69) is 22.7 Å². The summed E-state index contributed by atoms with van der Waals surface area (Å²) in [5, 5.41) is 7.35. The summed E-state index contributed by atoms with van der Waals surface area (Å²) in [7, 11) is 0. The van der Waals surface area contributed by atoms with Crippen LogP contribution in [0.5, 0.6) is 0 Å². The van der Waals surface area contributed by atoms with E-state index in [-0.39, 0.29) is 6.03 Å². The molecular formula is C26H19N4O. The first-order chi connectivity index (χ1) is 15.3. The molecule has 0 aliphatic carbocycles. The molecule has 2 amide bonds. The lowest BCUT2D eigenvalue weighted by Gasteiger charge is -2.31. The van der Waals surface area contributed by atoms with Crippen LogP contribution in [0.1, 0.15) is 5.56 Å². The molecule has 1 aliphatic heterocycles. The van der Waals surface area contributed by atoms with Crippen LogP contribution in [-0.4, -0.2) is 11.9 Å². The van der Waals surface area contributed by atoms with Gasteiger partial charge in [-0.25, -0.2) is 4.79 Å². The molecule has 0 N–H and O–H groups in total. The van der Waals surface area contributed by atoms with Gasteiger partial charge in [0.2, 0.25) is 0 Å². The number of hydrogen-bond donors (Lipinski definition) is 0. The highest BCUT2D eigenvalue weighted by atomic mass is 16.2. The fourth-order valence-corrected chi connectivity index (χ4v) is 3.42. The van der Waals surface area contributed by atoms with Crippen molar-refractivity contribution in [1.82, 2.24) is 5.43 Å². The molecule has 5 nitrogen and oxygen atoms in total. The molecule has 1 aliphatic rings. The highest BCUT2D eigenvalue weighted by Gasteiger charge is 2.32. The van der Waals surface area contributed by atoms with Crippen molar-refractivity contribution in [2.45, 2.75) is 0 Å². The van der Waals surface area contributed by atoms with Crippen LogP contribution in [-0.2, 0) is 0 Å². The first-order valence-electron chi connectivity index (χ1n) is 10.00. The summed E-state index contributed by atoms with van der Waals surface area (Å²) in [5.74, 6) is 0.465. The fourth-order valence-electron chi connectivity index (χ4n) is 3.42. The van der Waals surface area contributed by atoms with Gasteiger partial charge in [0.1, 0.15) is 0 Å². The molecule has 0 saturated carbocycles. The second kappa shape index (κ2) is 8.16. The molecule has 0 atom stereocenters. The molecule has 0 aromatic heterocycles. The van der Waals surface area contributed by atoms with Crippen molar-refractivity contribution >= 4 is 23.2 Å². The molecular weight excluding hydrogens is 384 g/mol. The normalized spacial score (nSPS) is 13.5. The van der Waals surface area contributed by atoms with Crippen LogP contribution in [0.4, 0.5) is 16.2 Å². The van der Waals surface area contributed by atoms with E-state index < -0.39 is 0 Å². The van der Waals surface area contributed by atoms with Crippen molar-refractivity contribution < 1.29 is 4.79 Å². The minimum absolute atomic E-state index is 0.331. The minimum atomic E-state index is -0.331. The van der Waals surface area contributed by atoms with Gasteiger partial charge < -0.3 is 0 Å². The highest BCUT2D eigenvalue weighted by molar-refractivity contribution is 6.12. The SMILES string of the molecule is O=C1N(c2ccccc2)[N]C(c2ccc(-c3ccccc3)cc2)=NN1c1ccccc1. The lowest BCUT2D eigenvalue weighted by molar-refractivity contribution is 0.249. The number of hydrazone groups is 1. The second-order valence-corrected chi connectivity index (χ2v) is 7.04. The van der Waals surface area contributed by atoms with Crippen molar-refractivity contribution in [2.75, 3.05) is 10.0 Å². The number of amides is 2. The number of carbonyl (C=O) groups excluding carboxylic acids is 1. The summed E-state index contributed by atoms with van der Waals surface area (Å²) in [6.07, 6.45) is 0. The number of amidine groups is 1. The standard InChI is InChI=1S/C26H19N4O/c31-26-29(23-12-6-2-7-13-23)27-25(28-30(26)24-14-8-3-9-15-24)22-18-16-21(17-19-22)20-10-4-1-5-11-20/h1-19H. The predicted octanol–water partition coefficient (Wildman–Crippen LogP) is 5.68. The Kier molecular flexibility index (Phi) is 4.91. The van der Waals surface area contributed by atoms with Crippen molar-refractivity contribution in [3.05, 3.63) is 121 Å². The molecule has 1 radical (unpaired) electrons. The molecule has 0 saturated heterocycles. The second-order valence-electron chi connectivity index (χ2n) is 7.04. The molecule has 5 rings (SSSR count). The van der Waals surface area contributed by atoms with Gasteiger partial charge in [-0.2, -0.15) is 10.0 Å². The zero-order valence-electron chi connectivity index (χ0n) is 16.7. The Morgan fingerprint density at radius 1 is 0.484 bits per heavy atom. The van der Waals surface area contributed by atoms with E-state index in [9.17, 15) is 4.79 Å². The van der Waals surface area contributed by atoms with Crippen LogP contribution >= 0.6 is 0 Å². The highest BCUT2D eigenvalue weighted by Crippen LogP contribution is 2.25. The average molecular weight is 403 g/mol. The zero-order valence-corrected chi connectivity index (χ0v) is 16.7. The van der Waals surface area contributed by atoms with Crippen molar-refractivity contribution in [2.24, 2.45) is 5.10 Å². The fraction of sp³-hybridized carbons (Fsp3) is 0. The van der Waals surface area contributed by atoms with Crippen LogP contribution in [0.15, 0.2) is 120 Å². The van der Waals surface area contributed by atoms with Crippen LogP contribution in [0, 0.1) is 0 Å². The maximum atomic E-state index is 13.2. The third-order valence-corrected chi connectivity index (χ3v) is 5.00. The quantitative estimate of drug-likeness (QED) is 0.432. The molecule has 0 spiro atoms. The van der Waals surface area contributed by atoms with E-state index in [0.29, 0.717) is 17.2 Å². The van der Waals surface area contributed by atoms with Gasteiger partial charge >= 0.3 is 6.03 Å². The third kappa shape index (κ3) is 3.76. The number of anilines is 2. The first-order valence-corrected chi connectivity index (χ1v) is 10.00. The maximum Gasteiger partial charge on any atom is 0.370 e. The topological polar surface area (TPSA) is 50.0 Å². The summed E-state index contributed by atoms with van der Waals surface area (Å²) in [5.41, 5.74) is 9.02. The van der Waals surface area contributed by atoms with Crippen LogP contribution in [0.3, 0.4) is 0 Å². The van der Waals surface area contributed by atoms with Crippen LogP contribution in [0.2, 0.25) is 0 Å². The van der Waals surface area contributed by atoms with Crippen molar-refractivity contribution in [3.63, 3.8) is 0 Å². The number of hydrogen-bond acceptors (Lipinski definition) is 2. The van der Waals surface area contributed by atoms with Gasteiger partial charge in [0.15, 0.2) is 5.84 Å².